The second kappa shape index (κ2) is 31.8. The number of urea groups is 1. The number of amides is 9. The number of aromatic nitrogens is 1. The molecule has 0 spiro atoms. The number of benzene rings is 2. The van der Waals surface area contributed by atoms with E-state index in [1.165, 1.54) is 37.3 Å². The summed E-state index contributed by atoms with van der Waals surface area (Å²) >= 11 is 1.48. The minimum atomic E-state index is -1.03. The van der Waals surface area contributed by atoms with E-state index in [1.807, 2.05) is 70.3 Å². The van der Waals surface area contributed by atoms with Crippen molar-refractivity contribution in [3.05, 3.63) is 82.3 Å². The molecule has 0 saturated carbocycles. The van der Waals surface area contributed by atoms with Crippen LogP contribution in [0.15, 0.2) is 66.2 Å². The lowest BCUT2D eigenvalue weighted by Gasteiger charge is -2.41. The first-order chi connectivity index (χ1) is 37.5. The molecule has 2 aromatic carbocycles. The van der Waals surface area contributed by atoms with Crippen molar-refractivity contribution in [1.29, 1.82) is 0 Å². The summed E-state index contributed by atoms with van der Waals surface area (Å²) in [6, 6.07) is 11.5. The van der Waals surface area contributed by atoms with Gasteiger partial charge in [-0.2, -0.15) is 0 Å². The van der Waals surface area contributed by atoms with Crippen LogP contribution in [0.5, 0.6) is 0 Å². The fourth-order valence-electron chi connectivity index (χ4n) is 10.3. The van der Waals surface area contributed by atoms with E-state index < -0.39 is 84.1 Å². The number of thiazole rings is 1. The highest BCUT2D eigenvalue weighted by Gasteiger charge is 2.44. The maximum Gasteiger partial charge on any atom is 0.410 e. The Labute approximate surface area is 470 Å². The van der Waals surface area contributed by atoms with Gasteiger partial charge in [-0.05, 0) is 73.1 Å². The van der Waals surface area contributed by atoms with Gasteiger partial charge in [-0.25, -0.2) is 14.6 Å². The molecule has 1 aliphatic rings. The summed E-state index contributed by atoms with van der Waals surface area (Å²) < 4.78 is 17.8. The summed E-state index contributed by atoms with van der Waals surface area (Å²) in [7, 11) is 6.21. The highest BCUT2D eigenvalue weighted by molar-refractivity contribution is 7.09. The van der Waals surface area contributed by atoms with Crippen molar-refractivity contribution in [2.75, 3.05) is 46.7 Å². The van der Waals surface area contributed by atoms with Crippen molar-refractivity contribution in [1.82, 2.24) is 41.0 Å². The highest BCUT2D eigenvalue weighted by Crippen LogP contribution is 2.31. The third-order valence-corrected chi connectivity index (χ3v) is 15.6. The monoisotopic (exact) mass is 1120 g/mol. The minimum absolute atomic E-state index is 0.0536. The molecule has 10 unspecified atom stereocenters. The normalized spacial score (nSPS) is 16.7. The zero-order valence-electron chi connectivity index (χ0n) is 48.1. The van der Waals surface area contributed by atoms with E-state index in [0.717, 1.165) is 10.6 Å². The zero-order chi connectivity index (χ0) is 58.5. The summed E-state index contributed by atoms with van der Waals surface area (Å²) in [5, 5.41) is 16.7. The molecule has 1 aromatic heterocycles. The van der Waals surface area contributed by atoms with Gasteiger partial charge in [0.25, 0.3) is 0 Å². The van der Waals surface area contributed by atoms with E-state index in [4.69, 9.17) is 19.9 Å². The smallest absolute Gasteiger partial charge is 0.410 e. The molecule has 436 valence electrons. The number of nitrogens with zero attached hydrogens (tertiary/aromatic N) is 4. The van der Waals surface area contributed by atoms with Gasteiger partial charge in [0.1, 0.15) is 29.7 Å². The second-order valence-corrected chi connectivity index (χ2v) is 22.1. The molecule has 0 aliphatic carbocycles. The summed E-state index contributed by atoms with van der Waals surface area (Å²) in [6.45, 7) is 14.9. The highest BCUT2D eigenvalue weighted by atomic mass is 32.1. The number of hydrogen-bond donors (Lipinski definition) is 6. The van der Waals surface area contributed by atoms with Crippen LogP contribution in [0.1, 0.15) is 116 Å². The summed E-state index contributed by atoms with van der Waals surface area (Å²) in [4.78, 5) is 116. The molecule has 1 aliphatic heterocycles. The van der Waals surface area contributed by atoms with Crippen molar-refractivity contribution in [2.45, 2.75) is 155 Å². The fourth-order valence-corrected chi connectivity index (χ4v) is 11.0. The first-order valence-corrected chi connectivity index (χ1v) is 28.2. The largest absolute Gasteiger partial charge is 0.445 e. The van der Waals surface area contributed by atoms with Gasteiger partial charge in [0, 0.05) is 65.6 Å². The molecule has 7 N–H and O–H groups in total. The van der Waals surface area contributed by atoms with Crippen molar-refractivity contribution in [2.24, 2.45) is 29.4 Å². The molecule has 1 fully saturated rings. The van der Waals surface area contributed by atoms with Crippen LogP contribution >= 0.6 is 11.3 Å². The predicted octanol–water partition coefficient (Wildman–Crippen LogP) is 5.79. The van der Waals surface area contributed by atoms with Crippen LogP contribution in [-0.4, -0.2) is 151 Å². The number of ether oxygens (including phenoxy) is 3. The number of nitrogens with one attached hydrogen (secondary N) is 5. The van der Waals surface area contributed by atoms with Crippen molar-refractivity contribution in [3.8, 4) is 0 Å². The zero-order valence-corrected chi connectivity index (χ0v) is 48.9. The van der Waals surface area contributed by atoms with Gasteiger partial charge in [-0.1, -0.05) is 97.4 Å². The van der Waals surface area contributed by atoms with E-state index in [1.54, 1.807) is 68.3 Å². The average Bonchev–Trinajstić information content (AvgIpc) is 4.16. The van der Waals surface area contributed by atoms with Crippen molar-refractivity contribution < 1.29 is 52.6 Å². The molecule has 2 heterocycles. The number of primary amides is 1. The predicted molar refractivity (Wildman–Crippen MR) is 302 cm³/mol. The van der Waals surface area contributed by atoms with E-state index in [0.29, 0.717) is 49.9 Å². The number of methoxy groups -OCH3 is 2. The summed E-state index contributed by atoms with van der Waals surface area (Å²) in [5.41, 5.74) is 7.19. The van der Waals surface area contributed by atoms with Crippen molar-refractivity contribution in [3.63, 3.8) is 0 Å². The molecular weight excluding hydrogens is 1030 g/mol. The maximum absolute atomic E-state index is 14.7. The number of nitrogens with two attached hydrogens (primary N) is 1. The summed E-state index contributed by atoms with van der Waals surface area (Å²) in [6.07, 6.45) is 2.74. The Morgan fingerprint density at radius 2 is 1.52 bits per heavy atom. The Balaban J connectivity index is 1.41. The van der Waals surface area contributed by atoms with Crippen LogP contribution in [0.3, 0.4) is 0 Å². The third-order valence-electron chi connectivity index (χ3n) is 14.7. The number of likely N-dealkylation sites (tertiary alicyclic amines) is 1. The van der Waals surface area contributed by atoms with Crippen LogP contribution in [0.25, 0.3) is 0 Å². The minimum Gasteiger partial charge on any atom is -0.445 e. The standard InChI is InChI=1S/C57H86N10O11S/c1-13-36(6)49(45(76-11)32-46(69)67-29-18-22-44(67)50(77-12)37(7)51(70)63-43(54-59-28-30-79-54)31-39-19-15-14-16-20-39)65(9)55(73)47(34(2)3)64-53(72)48(35(4)5)66(10)57(75)78-33-40-23-25-41(26-24-40)62-52(71)42(61-38(8)68)21-17-27-60-56(58)74/h14-16,19-20,23-26,28,30,34-37,42-45,47-50H,13,17-18,21-22,27,29,31-33H2,1-12H3,(H,61,68)(H,62,71)(H,63,70)(H,64,72)(H3,58,60,74). The SMILES string of the molecule is CCC(C)C(C(CC(=O)N1CCCC1C(OC)C(C)C(=O)NC(Cc1ccccc1)c1nccs1)OC)N(C)C(=O)C(NC(=O)C(C(C)C)N(C)C(=O)OCc1ccc(NC(=O)C(CCCNC(N)=O)NC(C)=O)cc1)C(C)C. The molecule has 0 radical (unpaired) electrons. The Bertz CT molecular complexity index is 2450. The number of anilines is 1. The van der Waals surface area contributed by atoms with Gasteiger partial charge < -0.3 is 56.3 Å². The first kappa shape index (κ1) is 64.9. The molecule has 3 aromatic rings. The Hall–Kier alpha value is -6.65. The first-order valence-electron chi connectivity index (χ1n) is 27.3. The molecule has 21 nitrogen and oxygen atoms in total. The fraction of sp³-hybridized carbons (Fsp3) is 0.596. The molecule has 0 bridgehead atoms. The number of rotatable bonds is 30. The van der Waals surface area contributed by atoms with E-state index in [2.05, 4.69) is 31.6 Å². The number of hydrogen-bond acceptors (Lipinski definition) is 13. The molecule has 79 heavy (non-hydrogen) atoms. The van der Waals surface area contributed by atoms with E-state index in [9.17, 15) is 38.4 Å². The van der Waals surface area contributed by atoms with E-state index in [-0.39, 0.29) is 61.6 Å². The Morgan fingerprint density at radius 3 is 2.09 bits per heavy atom. The average molecular weight is 1120 g/mol. The van der Waals surface area contributed by atoms with Crippen LogP contribution in [0.2, 0.25) is 0 Å². The quantitative estimate of drug-likeness (QED) is 0.0433. The number of carbonyl (C=O) groups is 8. The lowest BCUT2D eigenvalue weighted by molar-refractivity contribution is -0.148. The lowest BCUT2D eigenvalue weighted by atomic mass is 9.89. The maximum atomic E-state index is 14.7. The van der Waals surface area contributed by atoms with Crippen LogP contribution in [0, 0.1) is 23.7 Å². The van der Waals surface area contributed by atoms with Crippen LogP contribution in [-0.2, 0) is 56.0 Å². The Morgan fingerprint density at radius 1 is 0.835 bits per heavy atom. The van der Waals surface area contributed by atoms with Gasteiger partial charge in [0.05, 0.1) is 42.7 Å². The molecule has 10 atom stereocenters. The summed E-state index contributed by atoms with van der Waals surface area (Å²) in [5.74, 6) is -3.74. The van der Waals surface area contributed by atoms with Crippen LogP contribution in [0.4, 0.5) is 15.3 Å². The number of likely N-dealkylation sites (N-methyl/N-ethyl adjacent to an activating group) is 2. The third kappa shape index (κ3) is 19.0. The molecular formula is C57H86N10O11S. The molecule has 22 heteroatoms. The topological polar surface area (TPSA) is 273 Å². The molecule has 1 saturated heterocycles. The Kier molecular flexibility index (Phi) is 26.1. The van der Waals surface area contributed by atoms with Gasteiger partial charge >= 0.3 is 12.1 Å². The van der Waals surface area contributed by atoms with Gasteiger partial charge in [0.2, 0.25) is 35.4 Å². The van der Waals surface area contributed by atoms with Crippen molar-refractivity contribution >= 4 is 64.6 Å². The van der Waals surface area contributed by atoms with Crippen LogP contribution < -0.4 is 32.3 Å². The lowest BCUT2D eigenvalue weighted by Crippen LogP contribution is -2.60. The molecule has 4 rings (SSSR count). The van der Waals surface area contributed by atoms with Gasteiger partial charge in [-0.15, -0.1) is 11.3 Å². The second-order valence-electron chi connectivity index (χ2n) is 21.2. The van der Waals surface area contributed by atoms with Gasteiger partial charge in [-0.3, -0.25) is 33.7 Å². The van der Waals surface area contributed by atoms with E-state index >= 15 is 0 Å². The van der Waals surface area contributed by atoms with Gasteiger partial charge in [0.15, 0.2) is 0 Å². The molecule has 9 amide bonds. The number of carbonyl (C=O) groups excluding carboxylic acids is 8.